The summed E-state index contributed by atoms with van der Waals surface area (Å²) < 4.78 is 0. The minimum Gasteiger partial charge on any atom is -0.0692 e. The first-order chi connectivity index (χ1) is 13.5. The third-order valence-corrected chi connectivity index (χ3v) is 6.44. The Bertz CT molecular complexity index is 1000. The van der Waals surface area contributed by atoms with Gasteiger partial charge in [-0.3, -0.25) is 0 Å². The largest absolute Gasteiger partial charge is 0.0692 e. The summed E-state index contributed by atoms with van der Waals surface area (Å²) in [6.07, 6.45) is 7.01. The maximum absolute atomic E-state index is 2.46. The number of hydrogen-bond donors (Lipinski definition) is 0. The van der Waals surface area contributed by atoms with Crippen LogP contribution in [0.1, 0.15) is 83.6 Å². The molecule has 0 atom stereocenters. The molecule has 0 bridgehead atoms. The van der Waals surface area contributed by atoms with Crippen molar-refractivity contribution in [2.45, 2.75) is 72.1 Å². The van der Waals surface area contributed by atoms with Gasteiger partial charge in [0, 0.05) is 5.92 Å². The van der Waals surface area contributed by atoms with E-state index in [0.29, 0.717) is 5.92 Å². The number of benzene rings is 2. The highest BCUT2D eigenvalue weighted by molar-refractivity contribution is 5.82. The average Bonchev–Trinajstić information content (AvgIpc) is 3.21. The maximum Gasteiger partial charge on any atom is 0.0352 e. The number of allylic oxidation sites excluding steroid dienone is 6. The molecule has 0 radical (unpaired) electrons. The van der Waals surface area contributed by atoms with Gasteiger partial charge in [-0.1, -0.05) is 102 Å². The van der Waals surface area contributed by atoms with Crippen LogP contribution < -0.4 is 0 Å². The van der Waals surface area contributed by atoms with Gasteiger partial charge in [-0.25, -0.2) is 0 Å². The van der Waals surface area contributed by atoms with Gasteiger partial charge in [0.05, 0.1) is 0 Å². The highest BCUT2D eigenvalue weighted by Crippen LogP contribution is 2.51. The Labute approximate surface area is 177 Å². The molecule has 2 aliphatic rings. The summed E-state index contributed by atoms with van der Waals surface area (Å²) in [7, 11) is 0. The Hall–Kier alpha value is -2.34. The van der Waals surface area contributed by atoms with Crippen LogP contribution in [0.2, 0.25) is 0 Å². The van der Waals surface area contributed by atoms with E-state index in [1.165, 1.54) is 50.1 Å². The van der Waals surface area contributed by atoms with E-state index in [4.69, 9.17) is 0 Å². The molecular weight excluding hydrogens is 348 g/mol. The SMILES string of the molecule is CC(C)=C1C=CC(C2c3cc(C(C)(C)C)ccc3-c3ccc(C(C)(C)C)cc32)=C1. The first kappa shape index (κ1) is 20.0. The molecule has 2 aliphatic carbocycles. The van der Waals surface area contributed by atoms with E-state index in [1.54, 1.807) is 0 Å². The quantitative estimate of drug-likeness (QED) is 0.466. The summed E-state index contributed by atoms with van der Waals surface area (Å²) in [5.41, 5.74) is 13.0. The number of hydrogen-bond acceptors (Lipinski definition) is 0. The van der Waals surface area contributed by atoms with Crippen LogP contribution in [0, 0.1) is 0 Å². The molecule has 0 amide bonds. The fraction of sp³-hybridized carbons (Fsp3) is 0.379. The average molecular weight is 383 g/mol. The predicted molar refractivity (Wildman–Crippen MR) is 127 cm³/mol. The van der Waals surface area contributed by atoms with E-state index in [0.717, 1.165) is 0 Å². The number of rotatable bonds is 1. The first-order valence-corrected chi connectivity index (χ1v) is 10.8. The van der Waals surface area contributed by atoms with Crippen molar-refractivity contribution >= 4 is 0 Å². The zero-order valence-electron chi connectivity index (χ0n) is 19.3. The summed E-state index contributed by atoms with van der Waals surface area (Å²) in [6, 6.07) is 14.3. The second kappa shape index (κ2) is 6.59. The third-order valence-electron chi connectivity index (χ3n) is 6.44. The molecule has 0 saturated heterocycles. The summed E-state index contributed by atoms with van der Waals surface area (Å²) >= 11 is 0. The lowest BCUT2D eigenvalue weighted by molar-refractivity contribution is 0.589. The van der Waals surface area contributed by atoms with Gasteiger partial charge in [0.15, 0.2) is 0 Å². The van der Waals surface area contributed by atoms with E-state index in [-0.39, 0.29) is 10.8 Å². The summed E-state index contributed by atoms with van der Waals surface area (Å²) in [5, 5.41) is 0. The molecule has 29 heavy (non-hydrogen) atoms. The normalized spacial score (nSPS) is 16.1. The van der Waals surface area contributed by atoms with Crippen LogP contribution in [0.5, 0.6) is 0 Å². The smallest absolute Gasteiger partial charge is 0.0352 e. The molecule has 0 N–H and O–H groups in total. The van der Waals surface area contributed by atoms with E-state index in [1.807, 2.05) is 0 Å². The van der Waals surface area contributed by atoms with Crippen molar-refractivity contribution in [1.82, 2.24) is 0 Å². The van der Waals surface area contributed by atoms with Crippen LogP contribution in [0.4, 0.5) is 0 Å². The van der Waals surface area contributed by atoms with Crippen molar-refractivity contribution in [2.75, 3.05) is 0 Å². The van der Waals surface area contributed by atoms with Gasteiger partial charge >= 0.3 is 0 Å². The molecule has 150 valence electrons. The third kappa shape index (κ3) is 3.44. The van der Waals surface area contributed by atoms with Gasteiger partial charge in [0.25, 0.3) is 0 Å². The van der Waals surface area contributed by atoms with Crippen molar-refractivity contribution < 1.29 is 0 Å². The van der Waals surface area contributed by atoms with Crippen LogP contribution in [-0.4, -0.2) is 0 Å². The zero-order chi connectivity index (χ0) is 21.1. The van der Waals surface area contributed by atoms with Crippen molar-refractivity contribution in [3.8, 4) is 11.1 Å². The van der Waals surface area contributed by atoms with Crippen LogP contribution in [0.25, 0.3) is 11.1 Å². The highest BCUT2D eigenvalue weighted by Gasteiger charge is 2.33. The Morgan fingerprint density at radius 2 is 1.17 bits per heavy atom. The maximum atomic E-state index is 2.46. The minimum absolute atomic E-state index is 0.149. The number of fused-ring (bicyclic) bond motifs is 3. The van der Waals surface area contributed by atoms with Crippen LogP contribution in [0.3, 0.4) is 0 Å². The zero-order valence-corrected chi connectivity index (χ0v) is 19.3. The molecule has 4 rings (SSSR count). The highest BCUT2D eigenvalue weighted by atomic mass is 14.4. The molecule has 0 heterocycles. The van der Waals surface area contributed by atoms with Gasteiger partial charge in [-0.15, -0.1) is 0 Å². The van der Waals surface area contributed by atoms with E-state index < -0.39 is 0 Å². The summed E-state index contributed by atoms with van der Waals surface area (Å²) in [6.45, 7) is 18.2. The van der Waals surface area contributed by atoms with Crippen LogP contribution in [-0.2, 0) is 10.8 Å². The van der Waals surface area contributed by atoms with Gasteiger partial charge in [0.1, 0.15) is 0 Å². The van der Waals surface area contributed by atoms with Gasteiger partial charge in [0.2, 0.25) is 0 Å². The van der Waals surface area contributed by atoms with E-state index in [2.05, 4.69) is 110 Å². The van der Waals surface area contributed by atoms with Gasteiger partial charge < -0.3 is 0 Å². The lowest BCUT2D eigenvalue weighted by Gasteiger charge is -2.23. The Morgan fingerprint density at radius 1 is 0.690 bits per heavy atom. The fourth-order valence-electron chi connectivity index (χ4n) is 4.51. The molecular formula is C29H34. The Morgan fingerprint density at radius 3 is 1.55 bits per heavy atom. The lowest BCUT2D eigenvalue weighted by Crippen LogP contribution is -2.12. The molecule has 0 aliphatic heterocycles. The van der Waals surface area contributed by atoms with Crippen molar-refractivity contribution in [2.24, 2.45) is 0 Å². The molecule has 2 aromatic carbocycles. The molecule has 2 aromatic rings. The molecule has 0 nitrogen and oxygen atoms in total. The van der Waals surface area contributed by atoms with Gasteiger partial charge in [-0.05, 0) is 69.2 Å². The molecule has 0 aromatic heterocycles. The molecule has 0 unspecified atom stereocenters. The minimum atomic E-state index is 0.149. The molecule has 0 spiro atoms. The van der Waals surface area contributed by atoms with Crippen LogP contribution >= 0.6 is 0 Å². The fourth-order valence-corrected chi connectivity index (χ4v) is 4.51. The topological polar surface area (TPSA) is 0 Å². The summed E-state index contributed by atoms with van der Waals surface area (Å²) in [4.78, 5) is 0. The standard InChI is InChI=1S/C29H34/c1-18(2)19-9-10-20(15-19)27-25-16-21(28(3,4)5)11-13-23(25)24-14-12-22(17-26(24)27)29(6,7)8/h9-17,27H,1-8H3. The van der Waals surface area contributed by atoms with Gasteiger partial charge in [-0.2, -0.15) is 0 Å². The van der Waals surface area contributed by atoms with Crippen LogP contribution in [0.15, 0.2) is 71.3 Å². The Kier molecular flexibility index (Phi) is 4.53. The molecule has 0 heteroatoms. The monoisotopic (exact) mass is 382 g/mol. The summed E-state index contributed by atoms with van der Waals surface area (Å²) in [5.74, 6) is 0.317. The van der Waals surface area contributed by atoms with E-state index >= 15 is 0 Å². The van der Waals surface area contributed by atoms with Crippen molar-refractivity contribution in [1.29, 1.82) is 0 Å². The predicted octanol–water partition coefficient (Wildman–Crippen LogP) is 8.23. The Balaban J connectivity index is 1.96. The van der Waals surface area contributed by atoms with Crippen molar-refractivity contribution in [3.05, 3.63) is 93.6 Å². The first-order valence-electron chi connectivity index (χ1n) is 10.8. The second-order valence-corrected chi connectivity index (χ2v) is 11.0. The van der Waals surface area contributed by atoms with E-state index in [9.17, 15) is 0 Å². The molecule has 0 fully saturated rings. The lowest BCUT2D eigenvalue weighted by atomic mass is 9.81. The van der Waals surface area contributed by atoms with Crippen molar-refractivity contribution in [3.63, 3.8) is 0 Å². The second-order valence-electron chi connectivity index (χ2n) is 11.0. The molecule has 0 saturated carbocycles.